The molecular formula is C30H32ClN9O4. The number of carbonyl (C=O) groups excluding carboxylic acids is 1. The first-order valence-electron chi connectivity index (χ1n) is 14.1. The molecule has 44 heavy (non-hydrogen) atoms. The quantitative estimate of drug-likeness (QED) is 0.158. The molecule has 14 heteroatoms. The van der Waals surface area contributed by atoms with E-state index < -0.39 is 0 Å². The normalized spacial score (nSPS) is 13.5. The maximum atomic E-state index is 13.2. The molecule has 1 amide bonds. The van der Waals surface area contributed by atoms with Gasteiger partial charge in [-0.1, -0.05) is 17.7 Å². The predicted molar refractivity (Wildman–Crippen MR) is 167 cm³/mol. The standard InChI is InChI=1S/C30H32ClN9O4/c1-17-12-26(39-38-17)35-27-22-16-33-40(20-8-10-44-11-9-20)28(22)37-30(36-27)32-15-18-4-6-23(31)21(13-18)29(41)34-19-5-7-24(42-2)25(14-19)43-3/h4-7,12-14,16,20H,8-11,15H2,1-3H3,(H,34,41)(H3,32,35,36,37,38,39). The highest BCUT2D eigenvalue weighted by Crippen LogP contribution is 2.31. The maximum Gasteiger partial charge on any atom is 0.257 e. The van der Waals surface area contributed by atoms with Crippen LogP contribution in [0.4, 0.5) is 23.3 Å². The van der Waals surface area contributed by atoms with Gasteiger partial charge < -0.3 is 30.2 Å². The lowest BCUT2D eigenvalue weighted by Gasteiger charge is -2.22. The lowest BCUT2D eigenvalue weighted by Crippen LogP contribution is -2.21. The van der Waals surface area contributed by atoms with Gasteiger partial charge in [-0.2, -0.15) is 20.2 Å². The third-order valence-electron chi connectivity index (χ3n) is 7.31. The summed E-state index contributed by atoms with van der Waals surface area (Å²) in [4.78, 5) is 22.8. The van der Waals surface area contributed by atoms with Crippen molar-refractivity contribution in [1.82, 2.24) is 29.9 Å². The minimum atomic E-state index is -0.358. The number of aromatic nitrogens is 6. The van der Waals surface area contributed by atoms with Gasteiger partial charge in [0.1, 0.15) is 5.82 Å². The van der Waals surface area contributed by atoms with Crippen molar-refractivity contribution in [1.29, 1.82) is 0 Å². The summed E-state index contributed by atoms with van der Waals surface area (Å²) in [5, 5.41) is 22.5. The Balaban J connectivity index is 1.24. The number of halogens is 1. The second-order valence-electron chi connectivity index (χ2n) is 10.3. The summed E-state index contributed by atoms with van der Waals surface area (Å²) in [6, 6.07) is 12.5. The van der Waals surface area contributed by atoms with Crippen LogP contribution in [0.5, 0.6) is 11.5 Å². The molecule has 13 nitrogen and oxygen atoms in total. The van der Waals surface area contributed by atoms with E-state index in [2.05, 4.69) is 31.2 Å². The third-order valence-corrected chi connectivity index (χ3v) is 7.64. The molecular weight excluding hydrogens is 586 g/mol. The number of ether oxygens (including phenoxy) is 3. The van der Waals surface area contributed by atoms with Gasteiger partial charge in [-0.05, 0) is 49.6 Å². The van der Waals surface area contributed by atoms with Crippen LogP contribution in [0.2, 0.25) is 5.02 Å². The number of aryl methyl sites for hydroxylation is 1. The largest absolute Gasteiger partial charge is 0.493 e. The molecule has 1 aliphatic heterocycles. The fourth-order valence-corrected chi connectivity index (χ4v) is 5.25. The minimum absolute atomic E-state index is 0.174. The number of amides is 1. The lowest BCUT2D eigenvalue weighted by molar-refractivity contribution is 0.0673. The zero-order valence-corrected chi connectivity index (χ0v) is 25.2. The number of hydrogen-bond acceptors (Lipinski definition) is 10. The van der Waals surface area contributed by atoms with E-state index in [4.69, 9.17) is 35.8 Å². The van der Waals surface area contributed by atoms with Gasteiger partial charge in [-0.15, -0.1) is 0 Å². The van der Waals surface area contributed by atoms with Gasteiger partial charge in [0.2, 0.25) is 5.95 Å². The number of hydrogen-bond donors (Lipinski definition) is 4. The predicted octanol–water partition coefficient (Wildman–Crippen LogP) is 5.49. The molecule has 1 aliphatic rings. The summed E-state index contributed by atoms with van der Waals surface area (Å²) in [6.07, 6.45) is 3.48. The maximum absolute atomic E-state index is 13.2. The summed E-state index contributed by atoms with van der Waals surface area (Å²) >= 11 is 6.44. The topological polar surface area (TPSA) is 153 Å². The molecule has 0 saturated carbocycles. The van der Waals surface area contributed by atoms with E-state index in [1.807, 2.05) is 23.7 Å². The van der Waals surface area contributed by atoms with Crippen molar-refractivity contribution in [3.63, 3.8) is 0 Å². The zero-order chi connectivity index (χ0) is 30.6. The van der Waals surface area contributed by atoms with Crippen LogP contribution in [-0.4, -0.2) is 63.3 Å². The summed E-state index contributed by atoms with van der Waals surface area (Å²) < 4.78 is 18.1. The van der Waals surface area contributed by atoms with Crippen molar-refractivity contribution in [3.05, 3.63) is 70.5 Å². The Morgan fingerprint density at radius 1 is 1.09 bits per heavy atom. The average Bonchev–Trinajstić information content (AvgIpc) is 3.66. The van der Waals surface area contributed by atoms with Crippen molar-refractivity contribution in [2.45, 2.75) is 32.4 Å². The van der Waals surface area contributed by atoms with Crippen LogP contribution < -0.4 is 25.4 Å². The van der Waals surface area contributed by atoms with E-state index in [9.17, 15) is 4.79 Å². The van der Waals surface area contributed by atoms with Crippen LogP contribution in [-0.2, 0) is 11.3 Å². The van der Waals surface area contributed by atoms with Crippen LogP contribution in [0.3, 0.4) is 0 Å². The number of fused-ring (bicyclic) bond motifs is 1. The molecule has 6 rings (SSSR count). The van der Waals surface area contributed by atoms with Crippen LogP contribution in [0.15, 0.2) is 48.7 Å². The Morgan fingerprint density at radius 3 is 2.66 bits per heavy atom. The molecule has 5 aromatic rings. The van der Waals surface area contributed by atoms with E-state index in [0.717, 1.165) is 29.5 Å². The first-order valence-corrected chi connectivity index (χ1v) is 14.5. The molecule has 0 atom stereocenters. The summed E-state index contributed by atoms with van der Waals surface area (Å²) in [5.41, 5.74) is 3.30. The molecule has 0 spiro atoms. The van der Waals surface area contributed by atoms with Gasteiger partial charge in [0.15, 0.2) is 23.0 Å². The molecule has 1 saturated heterocycles. The van der Waals surface area contributed by atoms with E-state index >= 15 is 0 Å². The third kappa shape index (κ3) is 6.24. The average molecular weight is 618 g/mol. The fourth-order valence-electron chi connectivity index (χ4n) is 5.05. The number of H-pyrrole nitrogens is 1. The Morgan fingerprint density at radius 2 is 1.91 bits per heavy atom. The first-order chi connectivity index (χ1) is 21.4. The molecule has 4 heterocycles. The molecule has 4 N–H and O–H groups in total. The number of methoxy groups -OCH3 is 2. The molecule has 2 aromatic carbocycles. The molecule has 228 valence electrons. The van der Waals surface area contributed by atoms with Gasteiger partial charge in [0.25, 0.3) is 5.91 Å². The van der Waals surface area contributed by atoms with Crippen molar-refractivity contribution in [3.8, 4) is 11.5 Å². The summed E-state index contributed by atoms with van der Waals surface area (Å²) in [5.74, 6) is 2.31. The Kier molecular flexibility index (Phi) is 8.48. The number of nitrogens with one attached hydrogen (secondary N) is 4. The van der Waals surface area contributed by atoms with Crippen molar-refractivity contribution in [2.75, 3.05) is 43.4 Å². The van der Waals surface area contributed by atoms with E-state index in [0.29, 0.717) is 70.8 Å². The molecule has 3 aromatic heterocycles. The highest BCUT2D eigenvalue weighted by molar-refractivity contribution is 6.34. The van der Waals surface area contributed by atoms with E-state index in [1.54, 1.807) is 43.6 Å². The monoisotopic (exact) mass is 617 g/mol. The number of anilines is 4. The zero-order valence-electron chi connectivity index (χ0n) is 24.5. The number of aromatic amines is 1. The number of benzene rings is 2. The van der Waals surface area contributed by atoms with Crippen molar-refractivity contribution in [2.24, 2.45) is 0 Å². The summed E-state index contributed by atoms with van der Waals surface area (Å²) in [7, 11) is 3.09. The van der Waals surface area contributed by atoms with Crippen LogP contribution in [0, 0.1) is 6.92 Å². The number of nitrogens with zero attached hydrogens (tertiary/aromatic N) is 5. The lowest BCUT2D eigenvalue weighted by atomic mass is 10.1. The smallest absolute Gasteiger partial charge is 0.257 e. The Bertz CT molecular complexity index is 1800. The highest BCUT2D eigenvalue weighted by Gasteiger charge is 2.22. The van der Waals surface area contributed by atoms with Gasteiger partial charge in [0, 0.05) is 43.3 Å². The SMILES string of the molecule is COc1ccc(NC(=O)c2cc(CNc3nc(Nc4cc(C)[nH]n4)c4cnn(C5CCOCC5)c4n3)ccc2Cl)cc1OC. The number of rotatable bonds is 10. The minimum Gasteiger partial charge on any atom is -0.493 e. The van der Waals surface area contributed by atoms with Gasteiger partial charge in [-0.25, -0.2) is 4.68 Å². The molecule has 0 unspecified atom stereocenters. The molecule has 1 fully saturated rings. The first kappa shape index (κ1) is 29.2. The molecule has 0 radical (unpaired) electrons. The van der Waals surface area contributed by atoms with Crippen LogP contribution in [0.25, 0.3) is 11.0 Å². The summed E-state index contributed by atoms with van der Waals surface area (Å²) in [6.45, 7) is 3.63. The van der Waals surface area contributed by atoms with Crippen LogP contribution in [0.1, 0.15) is 40.5 Å². The molecule has 0 aliphatic carbocycles. The fraction of sp³-hybridized carbons (Fsp3) is 0.300. The van der Waals surface area contributed by atoms with Gasteiger partial charge >= 0.3 is 0 Å². The highest BCUT2D eigenvalue weighted by atomic mass is 35.5. The van der Waals surface area contributed by atoms with Crippen LogP contribution >= 0.6 is 11.6 Å². The van der Waals surface area contributed by atoms with Crippen molar-refractivity contribution >= 4 is 51.8 Å². The van der Waals surface area contributed by atoms with Gasteiger partial charge in [-0.3, -0.25) is 9.89 Å². The second kappa shape index (κ2) is 12.8. The number of carbonyl (C=O) groups is 1. The Labute approximate surface area is 258 Å². The van der Waals surface area contributed by atoms with Gasteiger partial charge in [0.05, 0.1) is 42.4 Å². The van der Waals surface area contributed by atoms with E-state index in [1.165, 1.54) is 7.11 Å². The van der Waals surface area contributed by atoms with E-state index in [-0.39, 0.29) is 11.9 Å². The Hall–Kier alpha value is -4.88. The molecule has 0 bridgehead atoms. The second-order valence-corrected chi connectivity index (χ2v) is 10.7. The van der Waals surface area contributed by atoms with Crippen molar-refractivity contribution < 1.29 is 19.0 Å².